The molecule has 0 spiro atoms. The first-order valence-corrected chi connectivity index (χ1v) is 5.68. The molecule has 2 heteroatoms. The van der Waals surface area contributed by atoms with Crippen LogP contribution in [-0.2, 0) is 0 Å². The zero-order valence-corrected chi connectivity index (χ0v) is 9.26. The molecule has 15 heavy (non-hydrogen) atoms. The predicted molar refractivity (Wildman–Crippen MR) is 64.0 cm³/mol. The van der Waals surface area contributed by atoms with Gasteiger partial charge in [0.05, 0.1) is 6.21 Å². The molecule has 0 amide bonds. The van der Waals surface area contributed by atoms with E-state index in [4.69, 9.17) is 0 Å². The topological polar surface area (TPSA) is 15.6 Å². The summed E-state index contributed by atoms with van der Waals surface area (Å²) in [6.45, 7) is 4.52. The fourth-order valence-corrected chi connectivity index (χ4v) is 1.80. The second-order valence-electron chi connectivity index (χ2n) is 4.29. The lowest BCUT2D eigenvalue weighted by Crippen LogP contribution is -2.28. The summed E-state index contributed by atoms with van der Waals surface area (Å²) in [4.78, 5) is 0. The number of benzene rings is 1. The molecule has 1 aromatic carbocycles. The first kappa shape index (κ1) is 10.2. The highest BCUT2D eigenvalue weighted by Crippen LogP contribution is 2.15. The zero-order valence-electron chi connectivity index (χ0n) is 9.26. The highest BCUT2D eigenvalue weighted by molar-refractivity contribution is 5.79. The smallest absolute Gasteiger partial charge is 0.0542 e. The molecule has 1 aliphatic heterocycles. The fourth-order valence-electron chi connectivity index (χ4n) is 1.80. The second kappa shape index (κ2) is 4.96. The van der Waals surface area contributed by atoms with Crippen LogP contribution in [0.5, 0.6) is 0 Å². The van der Waals surface area contributed by atoms with Crippen molar-refractivity contribution in [3.8, 4) is 0 Å². The minimum Gasteiger partial charge on any atom is -0.297 e. The van der Waals surface area contributed by atoms with Crippen molar-refractivity contribution >= 4 is 6.21 Å². The van der Waals surface area contributed by atoms with E-state index in [1.807, 2.05) is 24.4 Å². The van der Waals surface area contributed by atoms with Gasteiger partial charge in [-0.1, -0.05) is 37.3 Å². The van der Waals surface area contributed by atoms with E-state index in [0.29, 0.717) is 0 Å². The van der Waals surface area contributed by atoms with Crippen molar-refractivity contribution in [3.05, 3.63) is 35.9 Å². The van der Waals surface area contributed by atoms with E-state index in [-0.39, 0.29) is 0 Å². The molecule has 0 saturated carbocycles. The Balaban J connectivity index is 1.89. The molecule has 0 aliphatic carbocycles. The summed E-state index contributed by atoms with van der Waals surface area (Å²) in [5.41, 5.74) is 1.18. The Kier molecular flexibility index (Phi) is 3.38. The van der Waals surface area contributed by atoms with Crippen molar-refractivity contribution in [1.29, 1.82) is 0 Å². The van der Waals surface area contributed by atoms with Crippen molar-refractivity contribution < 1.29 is 0 Å². The van der Waals surface area contributed by atoms with E-state index < -0.39 is 0 Å². The lowest BCUT2D eigenvalue weighted by atomic mass is 10.0. The Hall–Kier alpha value is -1.31. The van der Waals surface area contributed by atoms with Crippen molar-refractivity contribution in [2.45, 2.75) is 19.8 Å². The molecule has 0 bridgehead atoms. The van der Waals surface area contributed by atoms with Gasteiger partial charge >= 0.3 is 0 Å². The Labute approximate surface area is 91.6 Å². The number of piperidine rings is 1. The SMILES string of the molecule is CC1CCN(/N=C/c2ccccc2)CC1. The molecule has 1 heterocycles. The van der Waals surface area contributed by atoms with Crippen LogP contribution < -0.4 is 0 Å². The molecular formula is C13H18N2. The van der Waals surface area contributed by atoms with Crippen LogP contribution in [0.4, 0.5) is 0 Å². The molecule has 0 aromatic heterocycles. The summed E-state index contributed by atoms with van der Waals surface area (Å²) < 4.78 is 0. The average molecular weight is 202 g/mol. The summed E-state index contributed by atoms with van der Waals surface area (Å²) in [7, 11) is 0. The normalized spacial score (nSPS) is 18.6. The summed E-state index contributed by atoms with van der Waals surface area (Å²) in [6.07, 6.45) is 4.49. The number of hydrazone groups is 1. The van der Waals surface area contributed by atoms with Crippen LogP contribution in [0.2, 0.25) is 0 Å². The summed E-state index contributed by atoms with van der Waals surface area (Å²) in [5, 5.41) is 6.67. The summed E-state index contributed by atoms with van der Waals surface area (Å²) in [5.74, 6) is 0.869. The Morgan fingerprint density at radius 2 is 1.87 bits per heavy atom. The minimum atomic E-state index is 0.869. The van der Waals surface area contributed by atoms with Crippen molar-refractivity contribution in [1.82, 2.24) is 5.01 Å². The van der Waals surface area contributed by atoms with Crippen LogP contribution in [0.1, 0.15) is 25.3 Å². The molecule has 0 N–H and O–H groups in total. The van der Waals surface area contributed by atoms with Gasteiger partial charge in [-0.3, -0.25) is 5.01 Å². The molecule has 0 unspecified atom stereocenters. The van der Waals surface area contributed by atoms with E-state index in [1.54, 1.807) is 0 Å². The van der Waals surface area contributed by atoms with E-state index in [9.17, 15) is 0 Å². The van der Waals surface area contributed by atoms with Crippen LogP contribution in [0, 0.1) is 5.92 Å². The third kappa shape index (κ3) is 3.08. The van der Waals surface area contributed by atoms with Gasteiger partial charge in [0.2, 0.25) is 0 Å². The van der Waals surface area contributed by atoms with Crippen LogP contribution in [0.25, 0.3) is 0 Å². The van der Waals surface area contributed by atoms with Gasteiger partial charge in [-0.05, 0) is 24.3 Å². The Bertz CT molecular complexity index is 311. The van der Waals surface area contributed by atoms with Gasteiger partial charge in [0.25, 0.3) is 0 Å². The first-order valence-electron chi connectivity index (χ1n) is 5.68. The largest absolute Gasteiger partial charge is 0.297 e. The average Bonchev–Trinajstić information content (AvgIpc) is 2.30. The third-order valence-electron chi connectivity index (χ3n) is 2.93. The maximum absolute atomic E-state index is 4.50. The lowest BCUT2D eigenvalue weighted by molar-refractivity contribution is 0.201. The number of hydrogen-bond donors (Lipinski definition) is 0. The van der Waals surface area contributed by atoms with Gasteiger partial charge in [-0.15, -0.1) is 0 Å². The molecule has 0 radical (unpaired) electrons. The monoisotopic (exact) mass is 202 g/mol. The fraction of sp³-hybridized carbons (Fsp3) is 0.462. The van der Waals surface area contributed by atoms with E-state index in [1.165, 1.54) is 18.4 Å². The summed E-state index contributed by atoms with van der Waals surface area (Å²) in [6, 6.07) is 10.3. The van der Waals surface area contributed by atoms with Crippen LogP contribution in [0.3, 0.4) is 0 Å². The van der Waals surface area contributed by atoms with Gasteiger partial charge < -0.3 is 0 Å². The Morgan fingerprint density at radius 1 is 1.20 bits per heavy atom. The van der Waals surface area contributed by atoms with Gasteiger partial charge in [0, 0.05) is 13.1 Å². The van der Waals surface area contributed by atoms with E-state index >= 15 is 0 Å². The van der Waals surface area contributed by atoms with Crippen molar-refractivity contribution in [2.24, 2.45) is 11.0 Å². The van der Waals surface area contributed by atoms with E-state index in [0.717, 1.165) is 19.0 Å². The van der Waals surface area contributed by atoms with Crippen LogP contribution >= 0.6 is 0 Å². The molecular weight excluding hydrogens is 184 g/mol. The standard InChI is InChI=1S/C13H18N2/c1-12-7-9-15(10-8-12)14-11-13-5-3-2-4-6-13/h2-6,11-12H,7-10H2,1H3/b14-11+. The molecule has 80 valence electrons. The van der Waals surface area contributed by atoms with Crippen molar-refractivity contribution in [2.75, 3.05) is 13.1 Å². The van der Waals surface area contributed by atoms with Gasteiger partial charge in [0.15, 0.2) is 0 Å². The molecule has 1 aromatic rings. The minimum absolute atomic E-state index is 0.869. The molecule has 1 saturated heterocycles. The maximum Gasteiger partial charge on any atom is 0.0542 e. The highest BCUT2D eigenvalue weighted by Gasteiger charge is 2.12. The number of hydrogen-bond acceptors (Lipinski definition) is 2. The highest BCUT2D eigenvalue weighted by atomic mass is 15.4. The second-order valence-corrected chi connectivity index (χ2v) is 4.29. The zero-order chi connectivity index (χ0) is 10.5. The predicted octanol–water partition coefficient (Wildman–Crippen LogP) is 2.75. The van der Waals surface area contributed by atoms with Gasteiger partial charge in [-0.25, -0.2) is 0 Å². The molecule has 1 aliphatic rings. The molecule has 0 atom stereocenters. The van der Waals surface area contributed by atoms with Gasteiger partial charge in [0.1, 0.15) is 0 Å². The van der Waals surface area contributed by atoms with Gasteiger partial charge in [-0.2, -0.15) is 5.10 Å². The first-order chi connectivity index (χ1) is 7.34. The number of nitrogens with zero attached hydrogens (tertiary/aromatic N) is 2. The van der Waals surface area contributed by atoms with Crippen LogP contribution in [-0.4, -0.2) is 24.3 Å². The molecule has 2 rings (SSSR count). The van der Waals surface area contributed by atoms with Crippen LogP contribution in [0.15, 0.2) is 35.4 Å². The number of rotatable bonds is 2. The maximum atomic E-state index is 4.50. The Morgan fingerprint density at radius 3 is 2.53 bits per heavy atom. The summed E-state index contributed by atoms with van der Waals surface area (Å²) >= 11 is 0. The molecule has 1 fully saturated rings. The molecule has 2 nitrogen and oxygen atoms in total. The lowest BCUT2D eigenvalue weighted by Gasteiger charge is -2.27. The van der Waals surface area contributed by atoms with E-state index in [2.05, 4.69) is 29.2 Å². The third-order valence-corrected chi connectivity index (χ3v) is 2.93. The van der Waals surface area contributed by atoms with Crippen molar-refractivity contribution in [3.63, 3.8) is 0 Å². The quantitative estimate of drug-likeness (QED) is 0.673.